The highest BCUT2D eigenvalue weighted by Gasteiger charge is 2.07. The first-order valence-corrected chi connectivity index (χ1v) is 8.42. The van der Waals surface area contributed by atoms with Crippen molar-refractivity contribution in [2.24, 2.45) is 0 Å². The summed E-state index contributed by atoms with van der Waals surface area (Å²) in [7, 11) is 0. The van der Waals surface area contributed by atoms with Crippen LogP contribution in [0.3, 0.4) is 0 Å². The summed E-state index contributed by atoms with van der Waals surface area (Å²) in [5.74, 6) is 0. The quantitative estimate of drug-likeness (QED) is 0.517. The molecule has 0 unspecified atom stereocenters. The van der Waals surface area contributed by atoms with Gasteiger partial charge in [-0.3, -0.25) is 0 Å². The molecule has 0 N–H and O–H groups in total. The lowest BCUT2D eigenvalue weighted by Gasteiger charge is -2.13. The number of hydrogen-bond acceptors (Lipinski definition) is 0. The van der Waals surface area contributed by atoms with Gasteiger partial charge >= 0.3 is 0 Å². The first kappa shape index (κ1) is 14.6. The van der Waals surface area contributed by atoms with E-state index < -0.39 is 0 Å². The normalized spacial score (nSPS) is 30.7. The van der Waals surface area contributed by atoms with E-state index in [0.717, 1.165) is 0 Å². The van der Waals surface area contributed by atoms with E-state index >= 15 is 0 Å². The fourth-order valence-corrected chi connectivity index (χ4v) is 3.11. The minimum absolute atomic E-state index is 1.18. The smallest absolute Gasteiger partial charge is 0.0273 e. The summed E-state index contributed by atoms with van der Waals surface area (Å²) >= 11 is 0. The Morgan fingerprint density at radius 1 is 0.737 bits per heavy atom. The van der Waals surface area contributed by atoms with E-state index in [4.69, 9.17) is 0 Å². The Bertz CT molecular complexity index is 330. The molecule has 0 fully saturated rings. The molecule has 0 aromatic heterocycles. The second-order valence-corrected chi connectivity index (χ2v) is 6.00. The van der Waals surface area contributed by atoms with Crippen molar-refractivity contribution < 1.29 is 0 Å². The summed E-state index contributed by atoms with van der Waals surface area (Å²) in [5.41, 5.74) is 3.13. The molecule has 0 spiro atoms. The number of hydrogen-bond donors (Lipinski definition) is 0. The molecule has 2 aliphatic carbocycles. The molecule has 0 heterocycles. The second-order valence-electron chi connectivity index (χ2n) is 6.00. The summed E-state index contributed by atoms with van der Waals surface area (Å²) in [6.07, 6.45) is 28.2. The molecule has 2 rings (SSSR count). The maximum atomic E-state index is 3.74. The fourth-order valence-electron chi connectivity index (χ4n) is 3.11. The van der Waals surface area contributed by atoms with Crippen LogP contribution in [0.1, 0.15) is 83.5 Å². The molecular weight excluding hydrogens is 228 g/mol. The van der Waals surface area contributed by atoms with Crippen LogP contribution in [0.4, 0.5) is 0 Å². The van der Waals surface area contributed by atoms with E-state index in [9.17, 15) is 0 Å². The van der Waals surface area contributed by atoms with Crippen molar-refractivity contribution in [3.05, 3.63) is 35.5 Å². The van der Waals surface area contributed by atoms with E-state index in [-0.39, 0.29) is 0 Å². The van der Waals surface area contributed by atoms with Crippen molar-refractivity contribution in [2.45, 2.75) is 83.5 Å². The fraction of sp³-hybridized carbons (Fsp3) is 0.684. The van der Waals surface area contributed by atoms with Crippen molar-refractivity contribution in [1.82, 2.24) is 0 Å². The molecule has 105 valence electrons. The van der Waals surface area contributed by atoms with Gasteiger partial charge in [0, 0.05) is 0 Å². The number of allylic oxidation sites excluding steroid dienone is 6. The third kappa shape index (κ3) is 5.80. The van der Waals surface area contributed by atoms with Crippen LogP contribution in [-0.2, 0) is 0 Å². The van der Waals surface area contributed by atoms with Crippen LogP contribution in [0.25, 0.3) is 0 Å². The zero-order valence-corrected chi connectivity index (χ0v) is 12.4. The van der Waals surface area contributed by atoms with Crippen molar-refractivity contribution >= 4 is 0 Å². The van der Waals surface area contributed by atoms with Gasteiger partial charge in [-0.25, -0.2) is 0 Å². The van der Waals surface area contributed by atoms with E-state index in [1.54, 1.807) is 11.1 Å². The van der Waals surface area contributed by atoms with Gasteiger partial charge in [-0.2, -0.15) is 0 Å². The molecule has 0 nitrogen and oxygen atoms in total. The van der Waals surface area contributed by atoms with E-state index in [1.807, 2.05) is 0 Å². The maximum Gasteiger partial charge on any atom is -0.0273 e. The van der Waals surface area contributed by atoms with E-state index in [1.165, 1.54) is 83.5 Å². The van der Waals surface area contributed by atoms with Crippen LogP contribution in [0.5, 0.6) is 0 Å². The van der Waals surface area contributed by atoms with Gasteiger partial charge in [0.05, 0.1) is 0 Å². The van der Waals surface area contributed by atoms with Gasteiger partial charge in [0.1, 0.15) is 0 Å². The Balaban J connectivity index is 2.03. The first-order chi connectivity index (χ1) is 9.47. The predicted molar refractivity (Wildman–Crippen MR) is 84.0 cm³/mol. The third-order valence-electron chi connectivity index (χ3n) is 4.33. The molecule has 0 aromatic carbocycles. The summed E-state index contributed by atoms with van der Waals surface area (Å²) in [5, 5.41) is 0. The molecule has 0 aliphatic heterocycles. The molecule has 0 aromatic rings. The van der Waals surface area contributed by atoms with Gasteiger partial charge in [-0.1, -0.05) is 50.3 Å². The zero-order chi connectivity index (χ0) is 13.2. The van der Waals surface area contributed by atoms with Crippen molar-refractivity contribution in [3.63, 3.8) is 0 Å². The Morgan fingerprint density at radius 2 is 1.47 bits per heavy atom. The van der Waals surface area contributed by atoms with Crippen LogP contribution >= 0.6 is 0 Å². The van der Waals surface area contributed by atoms with Gasteiger partial charge in [0.2, 0.25) is 0 Å². The lowest BCUT2D eigenvalue weighted by atomic mass is 9.92. The SMILES string of the molecule is [C]1=C(/C2=C\C=C\CCCCC2)CCCCCCCC/1. The molecule has 19 heavy (non-hydrogen) atoms. The molecule has 0 amide bonds. The average Bonchev–Trinajstić information content (AvgIpc) is 2.58. The Labute approximate surface area is 119 Å². The van der Waals surface area contributed by atoms with Crippen LogP contribution < -0.4 is 0 Å². The van der Waals surface area contributed by atoms with Crippen LogP contribution in [0.2, 0.25) is 0 Å². The van der Waals surface area contributed by atoms with Crippen LogP contribution in [-0.4, -0.2) is 0 Å². The highest BCUT2D eigenvalue weighted by atomic mass is 14.1. The van der Waals surface area contributed by atoms with E-state index in [0.29, 0.717) is 0 Å². The van der Waals surface area contributed by atoms with Gasteiger partial charge in [0.15, 0.2) is 0 Å². The first-order valence-electron chi connectivity index (χ1n) is 8.42. The van der Waals surface area contributed by atoms with Gasteiger partial charge in [-0.15, -0.1) is 0 Å². The van der Waals surface area contributed by atoms with Crippen molar-refractivity contribution in [3.8, 4) is 0 Å². The summed E-state index contributed by atoms with van der Waals surface area (Å²) in [6, 6.07) is 0. The highest BCUT2D eigenvalue weighted by molar-refractivity contribution is 5.32. The van der Waals surface area contributed by atoms with Crippen molar-refractivity contribution in [2.75, 3.05) is 0 Å². The van der Waals surface area contributed by atoms with E-state index in [2.05, 4.69) is 24.3 Å². The Kier molecular flexibility index (Phi) is 7.06. The van der Waals surface area contributed by atoms with Gasteiger partial charge in [-0.05, 0) is 68.6 Å². The average molecular weight is 257 g/mol. The summed E-state index contributed by atoms with van der Waals surface area (Å²) in [6.45, 7) is 0. The molecule has 0 bridgehead atoms. The summed E-state index contributed by atoms with van der Waals surface area (Å²) in [4.78, 5) is 0. The molecule has 0 saturated heterocycles. The molecule has 2 aliphatic rings. The largest absolute Gasteiger partial charge is 0.0845 e. The van der Waals surface area contributed by atoms with Gasteiger partial charge < -0.3 is 0 Å². The lowest BCUT2D eigenvalue weighted by molar-refractivity contribution is 0.581. The van der Waals surface area contributed by atoms with Crippen LogP contribution in [0, 0.1) is 6.08 Å². The minimum atomic E-state index is 1.18. The number of rotatable bonds is 1. The van der Waals surface area contributed by atoms with Crippen molar-refractivity contribution in [1.29, 1.82) is 0 Å². The maximum absolute atomic E-state index is 3.74. The third-order valence-corrected chi connectivity index (χ3v) is 4.33. The van der Waals surface area contributed by atoms with Crippen LogP contribution in [0.15, 0.2) is 29.4 Å². The minimum Gasteiger partial charge on any atom is -0.0845 e. The topological polar surface area (TPSA) is 0 Å². The molecule has 0 heteroatoms. The Hall–Kier alpha value is -0.780. The molecule has 0 atom stereocenters. The summed E-state index contributed by atoms with van der Waals surface area (Å²) < 4.78 is 0. The molecule has 0 saturated carbocycles. The van der Waals surface area contributed by atoms with Gasteiger partial charge in [0.25, 0.3) is 0 Å². The lowest BCUT2D eigenvalue weighted by Crippen LogP contribution is -1.95. The zero-order valence-electron chi connectivity index (χ0n) is 12.4. The molecule has 1 radical (unpaired) electrons. The standard InChI is InChI=1S/C19H29/c1-2-6-10-14-18(15-11-7-3-1)19-16-12-8-4-5-9-13-17-19/h8,12,16H,1-7,9-11,13-14,17H2/b12-8+,18-15?,19-16-. The monoisotopic (exact) mass is 257 g/mol. The molecular formula is C19H29. The highest BCUT2D eigenvalue weighted by Crippen LogP contribution is 2.26. The Morgan fingerprint density at radius 3 is 2.42 bits per heavy atom. The second kappa shape index (κ2) is 9.18. The predicted octanol–water partition coefficient (Wildman–Crippen LogP) is 6.30.